The van der Waals surface area contributed by atoms with E-state index in [-0.39, 0.29) is 17.6 Å². The van der Waals surface area contributed by atoms with E-state index in [1.165, 1.54) is 5.56 Å². The van der Waals surface area contributed by atoms with Crippen LogP contribution < -0.4 is 5.32 Å². The summed E-state index contributed by atoms with van der Waals surface area (Å²) in [5.41, 5.74) is 1.07. The zero-order valence-corrected chi connectivity index (χ0v) is 12.4. The lowest BCUT2D eigenvalue weighted by Crippen LogP contribution is -2.36. The lowest BCUT2D eigenvalue weighted by atomic mass is 10.0. The molecule has 1 unspecified atom stereocenters. The molecule has 3 nitrogen and oxygen atoms in total. The fraction of sp³-hybridized carbons (Fsp3) is 0.533. The normalized spacial score (nSPS) is 24.2. The third-order valence-electron chi connectivity index (χ3n) is 3.94. The van der Waals surface area contributed by atoms with Gasteiger partial charge in [-0.1, -0.05) is 28.1 Å². The van der Waals surface area contributed by atoms with Crippen molar-refractivity contribution < 1.29 is 9.53 Å². The van der Waals surface area contributed by atoms with E-state index in [0.717, 1.165) is 36.8 Å². The van der Waals surface area contributed by atoms with Crippen LogP contribution >= 0.6 is 15.9 Å². The minimum Gasteiger partial charge on any atom is -0.378 e. The first kappa shape index (κ1) is 13.1. The van der Waals surface area contributed by atoms with Crippen LogP contribution in [0.15, 0.2) is 28.7 Å². The number of ether oxygens (including phenoxy) is 1. The molecule has 1 amide bonds. The summed E-state index contributed by atoms with van der Waals surface area (Å²) in [6.07, 6.45) is 4.77. The van der Waals surface area contributed by atoms with Gasteiger partial charge in [-0.2, -0.15) is 0 Å². The Morgan fingerprint density at radius 2 is 2.32 bits per heavy atom. The summed E-state index contributed by atoms with van der Waals surface area (Å²) in [7, 11) is 0. The molecule has 1 atom stereocenters. The highest BCUT2D eigenvalue weighted by atomic mass is 79.9. The van der Waals surface area contributed by atoms with Gasteiger partial charge in [-0.15, -0.1) is 0 Å². The van der Waals surface area contributed by atoms with Gasteiger partial charge in [-0.25, -0.2) is 0 Å². The summed E-state index contributed by atoms with van der Waals surface area (Å²) in [5.74, 6) is 0.115. The highest BCUT2D eigenvalue weighted by molar-refractivity contribution is 9.10. The molecule has 1 saturated carbocycles. The molecule has 3 rings (SSSR count). The Hall–Kier alpha value is -0.870. The molecule has 2 fully saturated rings. The fourth-order valence-corrected chi connectivity index (χ4v) is 3.13. The van der Waals surface area contributed by atoms with E-state index >= 15 is 0 Å². The number of rotatable bonds is 4. The van der Waals surface area contributed by atoms with Crippen LogP contribution in [0.1, 0.15) is 37.7 Å². The lowest BCUT2D eigenvalue weighted by Gasteiger charge is -2.19. The SMILES string of the molecule is O=C(CC1CCCO1)NC1(c2cccc(Br)c2)CC1. The minimum atomic E-state index is -0.126. The summed E-state index contributed by atoms with van der Waals surface area (Å²) in [5, 5.41) is 3.20. The van der Waals surface area contributed by atoms with Crippen molar-refractivity contribution in [1.82, 2.24) is 5.32 Å². The second-order valence-corrected chi connectivity index (χ2v) is 6.40. The molecule has 0 bridgehead atoms. The van der Waals surface area contributed by atoms with Crippen LogP contribution in [0.5, 0.6) is 0 Å². The molecule has 1 heterocycles. The van der Waals surface area contributed by atoms with Crippen LogP contribution in [0.3, 0.4) is 0 Å². The lowest BCUT2D eigenvalue weighted by molar-refractivity contribution is -0.124. The number of benzene rings is 1. The molecule has 1 aliphatic carbocycles. The highest BCUT2D eigenvalue weighted by Crippen LogP contribution is 2.46. The Kier molecular flexibility index (Phi) is 3.63. The van der Waals surface area contributed by atoms with Crippen LogP contribution in [0.25, 0.3) is 0 Å². The number of amides is 1. The molecule has 1 aromatic carbocycles. The summed E-state index contributed by atoms with van der Waals surface area (Å²) >= 11 is 3.49. The summed E-state index contributed by atoms with van der Waals surface area (Å²) in [6.45, 7) is 0.800. The van der Waals surface area contributed by atoms with Crippen molar-refractivity contribution in [2.75, 3.05) is 6.61 Å². The van der Waals surface area contributed by atoms with Crippen LogP contribution in [-0.4, -0.2) is 18.6 Å². The van der Waals surface area contributed by atoms with E-state index in [1.54, 1.807) is 0 Å². The van der Waals surface area contributed by atoms with E-state index in [0.29, 0.717) is 6.42 Å². The average Bonchev–Trinajstić information content (AvgIpc) is 2.97. The third kappa shape index (κ3) is 3.00. The van der Waals surface area contributed by atoms with Gasteiger partial charge in [0.05, 0.1) is 18.1 Å². The second-order valence-electron chi connectivity index (χ2n) is 5.48. The smallest absolute Gasteiger partial charge is 0.223 e. The molecule has 4 heteroatoms. The molecular formula is C15H18BrNO2. The van der Waals surface area contributed by atoms with Crippen LogP contribution in [0.2, 0.25) is 0 Å². The van der Waals surface area contributed by atoms with Crippen LogP contribution in [0, 0.1) is 0 Å². The van der Waals surface area contributed by atoms with Gasteiger partial charge in [0, 0.05) is 11.1 Å². The molecule has 1 aromatic rings. The molecule has 102 valence electrons. The van der Waals surface area contributed by atoms with Crippen molar-refractivity contribution in [3.05, 3.63) is 34.3 Å². The third-order valence-corrected chi connectivity index (χ3v) is 4.44. The Balaban J connectivity index is 1.63. The molecule has 1 aliphatic heterocycles. The van der Waals surface area contributed by atoms with Crippen molar-refractivity contribution >= 4 is 21.8 Å². The maximum atomic E-state index is 12.1. The van der Waals surface area contributed by atoms with Gasteiger partial charge < -0.3 is 10.1 Å². The molecule has 1 saturated heterocycles. The van der Waals surface area contributed by atoms with Crippen molar-refractivity contribution in [1.29, 1.82) is 0 Å². The van der Waals surface area contributed by atoms with Gasteiger partial charge in [0.25, 0.3) is 0 Å². The van der Waals surface area contributed by atoms with E-state index in [1.807, 2.05) is 12.1 Å². The largest absolute Gasteiger partial charge is 0.378 e. The standard InChI is InChI=1S/C15H18BrNO2/c16-12-4-1-3-11(9-12)15(6-7-15)17-14(18)10-13-5-2-8-19-13/h1,3-4,9,13H,2,5-8,10H2,(H,17,18). The highest BCUT2D eigenvalue weighted by Gasteiger charge is 2.45. The van der Waals surface area contributed by atoms with Gasteiger partial charge in [-0.05, 0) is 43.4 Å². The minimum absolute atomic E-state index is 0.115. The van der Waals surface area contributed by atoms with E-state index < -0.39 is 0 Å². The topological polar surface area (TPSA) is 38.3 Å². The van der Waals surface area contributed by atoms with Crippen molar-refractivity contribution in [3.8, 4) is 0 Å². The second kappa shape index (κ2) is 5.25. The zero-order valence-electron chi connectivity index (χ0n) is 10.8. The molecule has 1 N–H and O–H groups in total. The Morgan fingerprint density at radius 3 is 2.95 bits per heavy atom. The van der Waals surface area contributed by atoms with E-state index in [2.05, 4.69) is 33.4 Å². The van der Waals surface area contributed by atoms with Crippen LogP contribution in [0.4, 0.5) is 0 Å². The zero-order chi connectivity index (χ0) is 13.3. The average molecular weight is 324 g/mol. The van der Waals surface area contributed by atoms with Gasteiger partial charge in [0.15, 0.2) is 0 Å². The maximum absolute atomic E-state index is 12.1. The Bertz CT molecular complexity index is 479. The number of carbonyl (C=O) groups excluding carboxylic acids is 1. The van der Waals surface area contributed by atoms with Gasteiger partial charge in [0.2, 0.25) is 5.91 Å². The van der Waals surface area contributed by atoms with Crippen LogP contribution in [-0.2, 0) is 15.1 Å². The van der Waals surface area contributed by atoms with Gasteiger partial charge in [0.1, 0.15) is 0 Å². The fourth-order valence-electron chi connectivity index (χ4n) is 2.73. The summed E-state index contributed by atoms with van der Waals surface area (Å²) in [4.78, 5) is 12.1. The summed E-state index contributed by atoms with van der Waals surface area (Å²) < 4.78 is 6.57. The molecule has 2 aliphatic rings. The number of nitrogens with one attached hydrogen (secondary N) is 1. The predicted octanol–water partition coefficient (Wildman–Crippen LogP) is 3.12. The predicted molar refractivity (Wildman–Crippen MR) is 76.8 cm³/mol. The number of carbonyl (C=O) groups is 1. The van der Waals surface area contributed by atoms with E-state index in [4.69, 9.17) is 4.74 Å². The molecule has 0 spiro atoms. The van der Waals surface area contributed by atoms with Gasteiger partial charge in [-0.3, -0.25) is 4.79 Å². The van der Waals surface area contributed by atoms with E-state index in [9.17, 15) is 4.79 Å². The molecule has 19 heavy (non-hydrogen) atoms. The van der Waals surface area contributed by atoms with Crippen molar-refractivity contribution in [2.45, 2.75) is 43.7 Å². The molecular weight excluding hydrogens is 306 g/mol. The summed E-state index contributed by atoms with van der Waals surface area (Å²) in [6, 6.07) is 8.21. The number of hydrogen-bond acceptors (Lipinski definition) is 2. The number of halogens is 1. The first-order chi connectivity index (χ1) is 9.18. The van der Waals surface area contributed by atoms with Gasteiger partial charge >= 0.3 is 0 Å². The van der Waals surface area contributed by atoms with Crippen molar-refractivity contribution in [2.24, 2.45) is 0 Å². The quantitative estimate of drug-likeness (QED) is 0.924. The molecule has 0 radical (unpaired) electrons. The first-order valence-corrected chi connectivity index (χ1v) is 7.66. The molecule has 0 aromatic heterocycles. The Labute approximate surface area is 121 Å². The monoisotopic (exact) mass is 323 g/mol. The van der Waals surface area contributed by atoms with Crippen molar-refractivity contribution in [3.63, 3.8) is 0 Å². The maximum Gasteiger partial charge on any atom is 0.223 e. The Morgan fingerprint density at radius 1 is 1.47 bits per heavy atom. The first-order valence-electron chi connectivity index (χ1n) is 6.87. The number of hydrogen-bond donors (Lipinski definition) is 1.